The molecule has 2 aromatic carbocycles. The molecular formula is C26H29ClN4O3S. The van der Waals surface area contributed by atoms with Gasteiger partial charge >= 0.3 is 0 Å². The molecule has 0 unspecified atom stereocenters. The Labute approximate surface area is 214 Å². The number of carbonyl (C=O) groups is 1. The van der Waals surface area contributed by atoms with Crippen LogP contribution in [-0.4, -0.2) is 65.4 Å². The number of fused-ring (bicyclic) bond motifs is 1. The highest BCUT2D eigenvalue weighted by Gasteiger charge is 2.35. The molecule has 1 fully saturated rings. The number of benzene rings is 2. The van der Waals surface area contributed by atoms with E-state index in [4.69, 9.17) is 21.1 Å². The quantitative estimate of drug-likeness (QED) is 0.445. The van der Waals surface area contributed by atoms with Crippen molar-refractivity contribution in [1.29, 1.82) is 0 Å². The van der Waals surface area contributed by atoms with Crippen LogP contribution < -0.4 is 9.64 Å². The molecule has 0 radical (unpaired) electrons. The molecule has 1 N–H and O–H groups in total. The van der Waals surface area contributed by atoms with Crippen LogP contribution in [0.5, 0.6) is 5.75 Å². The minimum atomic E-state index is -0.0709. The Bertz CT molecular complexity index is 1130. The molecule has 2 atom stereocenters. The van der Waals surface area contributed by atoms with Crippen LogP contribution in [0.3, 0.4) is 0 Å². The number of imidazole rings is 1. The molecule has 7 nitrogen and oxygen atoms in total. The molecule has 1 amide bonds. The van der Waals surface area contributed by atoms with Crippen LogP contribution in [0.25, 0.3) is 0 Å². The number of rotatable bonds is 8. The molecule has 0 saturated carbocycles. The van der Waals surface area contributed by atoms with E-state index in [2.05, 4.69) is 33.1 Å². The molecule has 3 heterocycles. The van der Waals surface area contributed by atoms with Crippen LogP contribution in [0.1, 0.15) is 24.4 Å². The molecule has 2 aliphatic rings. The first-order valence-electron chi connectivity index (χ1n) is 11.9. The van der Waals surface area contributed by atoms with Crippen molar-refractivity contribution in [1.82, 2.24) is 14.9 Å². The first-order valence-corrected chi connectivity index (χ1v) is 13.1. The Morgan fingerprint density at radius 3 is 2.66 bits per heavy atom. The average molecular weight is 513 g/mol. The number of hydrogen-bond donors (Lipinski definition) is 1. The van der Waals surface area contributed by atoms with Gasteiger partial charge in [0.25, 0.3) is 0 Å². The first kappa shape index (κ1) is 24.0. The van der Waals surface area contributed by atoms with Crippen LogP contribution >= 0.6 is 23.4 Å². The Balaban J connectivity index is 1.14. The van der Waals surface area contributed by atoms with Gasteiger partial charge in [-0.3, -0.25) is 4.79 Å². The van der Waals surface area contributed by atoms with Gasteiger partial charge in [-0.1, -0.05) is 11.6 Å². The van der Waals surface area contributed by atoms with Gasteiger partial charge in [-0.15, -0.1) is 11.8 Å². The summed E-state index contributed by atoms with van der Waals surface area (Å²) in [4.78, 5) is 24.5. The molecule has 1 aromatic heterocycles. The van der Waals surface area contributed by atoms with E-state index < -0.39 is 0 Å². The third kappa shape index (κ3) is 5.77. The maximum absolute atomic E-state index is 11.5. The van der Waals surface area contributed by atoms with E-state index in [1.165, 1.54) is 4.90 Å². The highest BCUT2D eigenvalue weighted by Crippen LogP contribution is 2.47. The fourth-order valence-corrected chi connectivity index (χ4v) is 6.14. The van der Waals surface area contributed by atoms with Crippen molar-refractivity contribution >= 4 is 35.0 Å². The largest absolute Gasteiger partial charge is 0.491 e. The summed E-state index contributed by atoms with van der Waals surface area (Å²) in [5, 5.41) is 0.938. The summed E-state index contributed by atoms with van der Waals surface area (Å²) < 4.78 is 12.3. The number of nitrogens with one attached hydrogen (secondary N) is 1. The number of H-pyrrole nitrogens is 1. The molecule has 0 spiro atoms. The summed E-state index contributed by atoms with van der Waals surface area (Å²) in [5.74, 6) is 1.91. The van der Waals surface area contributed by atoms with Gasteiger partial charge in [0.1, 0.15) is 18.2 Å². The van der Waals surface area contributed by atoms with Crippen molar-refractivity contribution in [3.05, 3.63) is 71.3 Å². The zero-order valence-electron chi connectivity index (χ0n) is 19.7. The number of halogens is 1. The van der Waals surface area contributed by atoms with Crippen molar-refractivity contribution in [2.24, 2.45) is 0 Å². The average Bonchev–Trinajstić information content (AvgIpc) is 3.50. The van der Waals surface area contributed by atoms with Crippen LogP contribution in [0.15, 0.2) is 59.8 Å². The molecule has 2 aliphatic heterocycles. The predicted octanol–water partition coefficient (Wildman–Crippen LogP) is 4.59. The van der Waals surface area contributed by atoms with Crippen molar-refractivity contribution < 1.29 is 14.3 Å². The fraction of sp³-hybridized carbons (Fsp3) is 0.385. The summed E-state index contributed by atoms with van der Waals surface area (Å²) in [5.41, 5.74) is 2.28. The second kappa shape index (κ2) is 10.9. The molecule has 9 heteroatoms. The number of piperazine rings is 1. The number of amides is 1. The van der Waals surface area contributed by atoms with Gasteiger partial charge in [0.2, 0.25) is 5.91 Å². The lowest BCUT2D eigenvalue weighted by atomic mass is 10.0. The Hall–Kier alpha value is -2.68. The minimum Gasteiger partial charge on any atom is -0.491 e. The van der Waals surface area contributed by atoms with E-state index in [1.807, 2.05) is 47.1 Å². The zero-order valence-corrected chi connectivity index (χ0v) is 21.2. The molecule has 0 aliphatic carbocycles. The lowest BCUT2D eigenvalue weighted by Crippen LogP contribution is -2.48. The lowest BCUT2D eigenvalue weighted by Gasteiger charge is -2.35. The van der Waals surface area contributed by atoms with Gasteiger partial charge in [0.05, 0.1) is 12.7 Å². The summed E-state index contributed by atoms with van der Waals surface area (Å²) in [7, 11) is 0. The second-order valence-electron chi connectivity index (χ2n) is 8.71. The molecule has 3 aromatic rings. The molecule has 0 bridgehead atoms. The van der Waals surface area contributed by atoms with Crippen LogP contribution in [0.2, 0.25) is 5.02 Å². The van der Waals surface area contributed by atoms with Gasteiger partial charge in [-0.05, 0) is 48.0 Å². The predicted molar refractivity (Wildman–Crippen MR) is 138 cm³/mol. The smallest absolute Gasteiger partial charge is 0.219 e. The monoisotopic (exact) mass is 512 g/mol. The van der Waals surface area contributed by atoms with E-state index in [0.717, 1.165) is 60.4 Å². The first-order chi connectivity index (χ1) is 17.1. The number of thioether (sulfide) groups is 1. The van der Waals surface area contributed by atoms with Crippen molar-refractivity contribution in [2.45, 2.75) is 29.6 Å². The van der Waals surface area contributed by atoms with E-state index in [9.17, 15) is 4.79 Å². The van der Waals surface area contributed by atoms with Crippen LogP contribution in [-0.2, 0) is 16.0 Å². The van der Waals surface area contributed by atoms with Gasteiger partial charge in [0, 0.05) is 72.8 Å². The standard InChI is InChI=1S/C26H29ClN4O3S/c1-18(32)30-10-12-31(13-11-30)20-3-5-21(6-4-20)33-14-15-34-26-22-16-19(27)2-7-23(22)35-24(26)17-25-28-8-9-29-25/h2-9,16,24,26H,10-15,17H2,1H3,(H,28,29)/t24-,26-/m0/s1. The molecule has 184 valence electrons. The lowest BCUT2D eigenvalue weighted by molar-refractivity contribution is -0.129. The number of nitrogens with zero attached hydrogens (tertiary/aromatic N) is 3. The SMILES string of the molecule is CC(=O)N1CCN(c2ccc(OCCO[C@H]3c4cc(Cl)ccc4S[C@H]3Cc3ncc[nH]3)cc2)CC1. The van der Waals surface area contributed by atoms with E-state index in [-0.39, 0.29) is 17.3 Å². The Kier molecular flexibility index (Phi) is 7.51. The highest BCUT2D eigenvalue weighted by atomic mass is 35.5. The van der Waals surface area contributed by atoms with Gasteiger partial charge in [0.15, 0.2) is 0 Å². The number of hydrogen-bond acceptors (Lipinski definition) is 6. The summed E-state index contributed by atoms with van der Waals surface area (Å²) >= 11 is 8.09. The van der Waals surface area contributed by atoms with Gasteiger partial charge in [-0.2, -0.15) is 0 Å². The second-order valence-corrected chi connectivity index (χ2v) is 10.4. The maximum Gasteiger partial charge on any atom is 0.219 e. The van der Waals surface area contributed by atoms with Gasteiger partial charge < -0.3 is 24.3 Å². The third-order valence-corrected chi connectivity index (χ3v) is 8.00. The molecule has 35 heavy (non-hydrogen) atoms. The highest BCUT2D eigenvalue weighted by molar-refractivity contribution is 8.00. The van der Waals surface area contributed by atoms with Crippen molar-refractivity contribution in [3.63, 3.8) is 0 Å². The molecule has 1 saturated heterocycles. The van der Waals surface area contributed by atoms with Crippen molar-refractivity contribution in [2.75, 3.05) is 44.3 Å². The number of aromatic amines is 1. The van der Waals surface area contributed by atoms with Gasteiger partial charge in [-0.25, -0.2) is 4.98 Å². The van der Waals surface area contributed by atoms with Crippen LogP contribution in [0.4, 0.5) is 5.69 Å². The Morgan fingerprint density at radius 2 is 1.94 bits per heavy atom. The number of aromatic nitrogens is 2. The van der Waals surface area contributed by atoms with Crippen molar-refractivity contribution in [3.8, 4) is 5.75 Å². The topological polar surface area (TPSA) is 70.7 Å². The minimum absolute atomic E-state index is 0.0709. The third-order valence-electron chi connectivity index (χ3n) is 6.42. The molecule has 5 rings (SSSR count). The number of ether oxygens (including phenoxy) is 2. The van der Waals surface area contributed by atoms with E-state index >= 15 is 0 Å². The Morgan fingerprint density at radius 1 is 1.14 bits per heavy atom. The number of carbonyl (C=O) groups excluding carboxylic acids is 1. The summed E-state index contributed by atoms with van der Waals surface area (Å²) in [6, 6.07) is 14.1. The summed E-state index contributed by atoms with van der Waals surface area (Å²) in [6.45, 7) is 5.78. The van der Waals surface area contributed by atoms with E-state index in [1.54, 1.807) is 13.1 Å². The molecular weight excluding hydrogens is 484 g/mol. The maximum atomic E-state index is 11.5. The van der Waals surface area contributed by atoms with Crippen LogP contribution in [0, 0.1) is 0 Å². The number of anilines is 1. The fourth-order valence-electron chi connectivity index (χ4n) is 4.59. The normalized spacial score (nSPS) is 19.6. The zero-order chi connectivity index (χ0) is 24.2. The van der Waals surface area contributed by atoms with E-state index in [0.29, 0.717) is 13.2 Å². The summed E-state index contributed by atoms with van der Waals surface area (Å²) in [6.07, 6.45) is 4.34.